The second-order valence-electron chi connectivity index (χ2n) is 5.28. The average Bonchev–Trinajstić information content (AvgIpc) is 1.95. The summed E-state index contributed by atoms with van der Waals surface area (Å²) in [7, 11) is -3.48. The second-order valence-corrected chi connectivity index (χ2v) is 6.90. The van der Waals surface area contributed by atoms with E-state index in [0.717, 1.165) is 19.3 Å². The first-order valence-corrected chi connectivity index (χ1v) is 7.12. The molecule has 1 fully saturated rings. The molecular formula is C10H22N2O3S. The van der Waals surface area contributed by atoms with Gasteiger partial charge in [-0.05, 0) is 33.6 Å². The maximum Gasteiger partial charge on any atom is 0.280 e. The summed E-state index contributed by atoms with van der Waals surface area (Å²) in [6, 6.07) is 0.0620. The molecule has 1 aliphatic rings. The summed E-state index contributed by atoms with van der Waals surface area (Å²) in [6.07, 6.45) is 2.85. The van der Waals surface area contributed by atoms with E-state index >= 15 is 0 Å². The molecule has 1 rings (SSSR count). The smallest absolute Gasteiger partial charge is 0.280 e. The molecule has 0 spiro atoms. The van der Waals surface area contributed by atoms with E-state index < -0.39 is 15.7 Å². The lowest BCUT2D eigenvalue weighted by Crippen LogP contribution is -2.54. The van der Waals surface area contributed by atoms with E-state index in [2.05, 4.69) is 4.72 Å². The fourth-order valence-electron chi connectivity index (χ4n) is 1.72. The normalized spacial score (nSPS) is 18.8. The summed E-state index contributed by atoms with van der Waals surface area (Å²) >= 11 is 0. The van der Waals surface area contributed by atoms with Gasteiger partial charge in [0.25, 0.3) is 10.2 Å². The Bertz CT molecular complexity index is 317. The molecule has 0 unspecified atom stereocenters. The molecule has 0 aromatic rings. The molecule has 6 heteroatoms. The van der Waals surface area contributed by atoms with Crippen molar-refractivity contribution in [2.45, 2.75) is 51.6 Å². The highest BCUT2D eigenvalue weighted by atomic mass is 32.2. The van der Waals surface area contributed by atoms with E-state index in [1.54, 1.807) is 0 Å². The van der Waals surface area contributed by atoms with E-state index in [0.29, 0.717) is 0 Å². The second kappa shape index (κ2) is 5.00. The molecule has 0 aliphatic heterocycles. The third-order valence-electron chi connectivity index (χ3n) is 2.55. The van der Waals surface area contributed by atoms with Gasteiger partial charge in [-0.15, -0.1) is 0 Å². The zero-order chi connectivity index (χ0) is 12.4. The van der Waals surface area contributed by atoms with Crippen LogP contribution in [0.2, 0.25) is 0 Å². The van der Waals surface area contributed by atoms with Gasteiger partial charge < -0.3 is 5.11 Å². The van der Waals surface area contributed by atoms with Crippen LogP contribution < -0.4 is 4.72 Å². The van der Waals surface area contributed by atoms with Crippen LogP contribution in [0.5, 0.6) is 0 Å². The topological polar surface area (TPSA) is 69.6 Å². The van der Waals surface area contributed by atoms with Crippen molar-refractivity contribution in [2.24, 2.45) is 0 Å². The van der Waals surface area contributed by atoms with Gasteiger partial charge >= 0.3 is 0 Å². The Kier molecular flexibility index (Phi) is 4.34. The minimum absolute atomic E-state index is 0.0620. The van der Waals surface area contributed by atoms with E-state index in [1.807, 2.05) is 20.8 Å². The monoisotopic (exact) mass is 250 g/mol. The van der Waals surface area contributed by atoms with Crippen LogP contribution in [0.4, 0.5) is 0 Å². The van der Waals surface area contributed by atoms with Crippen LogP contribution in [-0.2, 0) is 10.2 Å². The van der Waals surface area contributed by atoms with Crippen LogP contribution in [0, 0.1) is 0 Å². The summed E-state index contributed by atoms with van der Waals surface area (Å²) < 4.78 is 28.2. The van der Waals surface area contributed by atoms with Gasteiger partial charge in [-0.2, -0.15) is 17.4 Å². The lowest BCUT2D eigenvalue weighted by Gasteiger charge is -2.37. The highest BCUT2D eigenvalue weighted by molar-refractivity contribution is 7.87. The molecular weight excluding hydrogens is 228 g/mol. The predicted octanol–water partition coefficient (Wildman–Crippen LogP) is 0.466. The van der Waals surface area contributed by atoms with Crippen molar-refractivity contribution in [3.05, 3.63) is 0 Å². The molecule has 0 bridgehead atoms. The summed E-state index contributed by atoms with van der Waals surface area (Å²) in [4.78, 5) is 0. The van der Waals surface area contributed by atoms with Crippen LogP contribution in [-0.4, -0.2) is 42.6 Å². The standard InChI is InChI=1S/C10H22N2O3S/c1-10(2,3)11-16(14,15)12(7-8-13)9-5-4-6-9/h9,11,13H,4-8H2,1-3H3. The van der Waals surface area contributed by atoms with Crippen LogP contribution in [0.3, 0.4) is 0 Å². The Morgan fingerprint density at radius 2 is 1.94 bits per heavy atom. The van der Waals surface area contributed by atoms with Gasteiger partial charge in [0.05, 0.1) is 6.61 Å². The molecule has 0 atom stereocenters. The van der Waals surface area contributed by atoms with Crippen molar-refractivity contribution < 1.29 is 13.5 Å². The van der Waals surface area contributed by atoms with Gasteiger partial charge in [0.15, 0.2) is 0 Å². The summed E-state index contributed by atoms with van der Waals surface area (Å²) in [5.41, 5.74) is -0.490. The number of nitrogens with zero attached hydrogens (tertiary/aromatic N) is 1. The summed E-state index contributed by atoms with van der Waals surface area (Å²) in [5, 5.41) is 8.93. The summed E-state index contributed by atoms with van der Waals surface area (Å²) in [6.45, 7) is 5.46. The lowest BCUT2D eigenvalue weighted by molar-refractivity contribution is 0.175. The van der Waals surface area contributed by atoms with Crippen LogP contribution in [0.15, 0.2) is 0 Å². The molecule has 0 heterocycles. The van der Waals surface area contributed by atoms with Gasteiger partial charge in [0, 0.05) is 18.1 Å². The molecule has 0 saturated heterocycles. The molecule has 1 aliphatic carbocycles. The SMILES string of the molecule is CC(C)(C)NS(=O)(=O)N(CCO)C1CCC1. The molecule has 2 N–H and O–H groups in total. The van der Waals surface area contributed by atoms with Crippen molar-refractivity contribution in [1.29, 1.82) is 0 Å². The highest BCUT2D eigenvalue weighted by Crippen LogP contribution is 2.26. The Balaban J connectivity index is 2.75. The Hall–Kier alpha value is -0.170. The third kappa shape index (κ3) is 3.69. The molecule has 5 nitrogen and oxygen atoms in total. The van der Waals surface area contributed by atoms with E-state index in [9.17, 15) is 8.42 Å². The first-order valence-electron chi connectivity index (χ1n) is 5.68. The molecule has 96 valence electrons. The highest BCUT2D eigenvalue weighted by Gasteiger charge is 2.35. The average molecular weight is 250 g/mol. The lowest BCUT2D eigenvalue weighted by atomic mass is 9.93. The Morgan fingerprint density at radius 3 is 2.25 bits per heavy atom. The molecule has 0 aromatic heterocycles. The maximum absolute atomic E-state index is 12.1. The first-order chi connectivity index (χ1) is 7.26. The number of aliphatic hydroxyl groups is 1. The quantitative estimate of drug-likeness (QED) is 0.745. The Morgan fingerprint density at radius 1 is 1.38 bits per heavy atom. The van der Waals surface area contributed by atoms with E-state index in [-0.39, 0.29) is 19.2 Å². The minimum Gasteiger partial charge on any atom is -0.395 e. The summed E-state index contributed by atoms with van der Waals surface area (Å²) in [5.74, 6) is 0. The van der Waals surface area contributed by atoms with Gasteiger partial charge in [-0.25, -0.2) is 0 Å². The van der Waals surface area contributed by atoms with Gasteiger partial charge in [-0.1, -0.05) is 6.42 Å². The van der Waals surface area contributed by atoms with E-state index in [4.69, 9.17) is 5.11 Å². The maximum atomic E-state index is 12.1. The van der Waals surface area contributed by atoms with Crippen LogP contribution in [0.1, 0.15) is 40.0 Å². The van der Waals surface area contributed by atoms with Crippen LogP contribution in [0.25, 0.3) is 0 Å². The number of hydrogen-bond acceptors (Lipinski definition) is 3. The fourth-order valence-corrected chi connectivity index (χ4v) is 3.53. The molecule has 0 radical (unpaired) electrons. The number of rotatable bonds is 5. The van der Waals surface area contributed by atoms with E-state index in [1.165, 1.54) is 4.31 Å². The Labute approximate surface area is 98.0 Å². The fraction of sp³-hybridized carbons (Fsp3) is 1.00. The third-order valence-corrected chi connectivity index (χ3v) is 4.51. The number of hydrogen-bond donors (Lipinski definition) is 2. The number of nitrogens with one attached hydrogen (secondary N) is 1. The van der Waals surface area contributed by atoms with Crippen molar-refractivity contribution in [3.63, 3.8) is 0 Å². The van der Waals surface area contributed by atoms with Crippen molar-refractivity contribution in [3.8, 4) is 0 Å². The van der Waals surface area contributed by atoms with Crippen molar-refractivity contribution in [2.75, 3.05) is 13.2 Å². The predicted molar refractivity (Wildman–Crippen MR) is 63.2 cm³/mol. The minimum atomic E-state index is -3.48. The van der Waals surface area contributed by atoms with Crippen molar-refractivity contribution in [1.82, 2.24) is 9.03 Å². The molecule has 1 saturated carbocycles. The van der Waals surface area contributed by atoms with Crippen LogP contribution >= 0.6 is 0 Å². The molecule has 0 aromatic carbocycles. The van der Waals surface area contributed by atoms with Gasteiger partial charge in [0.2, 0.25) is 0 Å². The van der Waals surface area contributed by atoms with Crippen molar-refractivity contribution >= 4 is 10.2 Å². The molecule has 0 amide bonds. The number of aliphatic hydroxyl groups excluding tert-OH is 1. The first kappa shape index (κ1) is 13.9. The zero-order valence-electron chi connectivity index (χ0n) is 10.2. The van der Waals surface area contributed by atoms with Gasteiger partial charge in [-0.3, -0.25) is 0 Å². The zero-order valence-corrected chi connectivity index (χ0v) is 11.0. The van der Waals surface area contributed by atoms with Gasteiger partial charge in [0.1, 0.15) is 0 Å². The largest absolute Gasteiger partial charge is 0.395 e. The molecule has 16 heavy (non-hydrogen) atoms.